The van der Waals surface area contributed by atoms with Gasteiger partial charge in [0, 0.05) is 31.9 Å². The molecule has 0 unspecified atom stereocenters. The van der Waals surface area contributed by atoms with Crippen LogP contribution in [0.4, 0.5) is 0 Å². The highest BCUT2D eigenvalue weighted by molar-refractivity contribution is 5.82. The van der Waals surface area contributed by atoms with Gasteiger partial charge in [-0.25, -0.2) is 0 Å². The fourth-order valence-corrected chi connectivity index (χ4v) is 4.37. The predicted molar refractivity (Wildman–Crippen MR) is 115 cm³/mol. The van der Waals surface area contributed by atoms with Crippen LogP contribution in [-0.4, -0.2) is 64.4 Å². The van der Waals surface area contributed by atoms with Crippen LogP contribution in [0.2, 0.25) is 0 Å². The molecule has 1 aromatic rings. The van der Waals surface area contributed by atoms with Crippen molar-refractivity contribution >= 4 is 17.8 Å². The average Bonchev–Trinajstić information content (AvgIpc) is 2.78. The quantitative estimate of drug-likeness (QED) is 0.555. The number of nitrogens with one attached hydrogen (secondary N) is 2. The van der Waals surface area contributed by atoms with Crippen molar-refractivity contribution in [2.75, 3.05) is 26.2 Å². The number of carbonyl (C=O) groups excluding carboxylic acids is 2. The molecule has 0 bridgehead atoms. The third kappa shape index (κ3) is 7.59. The summed E-state index contributed by atoms with van der Waals surface area (Å²) < 4.78 is 0. The van der Waals surface area contributed by atoms with E-state index in [1.165, 1.54) is 0 Å². The first kappa shape index (κ1) is 24.7. The summed E-state index contributed by atoms with van der Waals surface area (Å²) in [5, 5.41) is 15.4. The molecule has 3 heterocycles. The molecular weight excluding hydrogens is 400 g/mol. The van der Waals surface area contributed by atoms with Gasteiger partial charge in [-0.1, -0.05) is 6.07 Å². The maximum Gasteiger partial charge on any atom is 0.305 e. The number of piperidine rings is 2. The van der Waals surface area contributed by atoms with Crippen molar-refractivity contribution in [3.63, 3.8) is 0 Å². The molecule has 172 valence electrons. The molecule has 2 aliphatic rings. The first-order chi connectivity index (χ1) is 14.5. The Morgan fingerprint density at radius 3 is 2.71 bits per heavy atom. The molecule has 0 saturated carbocycles. The van der Waals surface area contributed by atoms with Crippen LogP contribution in [-0.2, 0) is 14.4 Å². The van der Waals surface area contributed by atoms with E-state index in [-0.39, 0.29) is 29.6 Å². The number of carbonyl (C=O) groups is 3. The summed E-state index contributed by atoms with van der Waals surface area (Å²) >= 11 is 0. The molecule has 0 aromatic carbocycles. The predicted octanol–water partition coefficient (Wildman–Crippen LogP) is 0.907. The van der Waals surface area contributed by atoms with E-state index in [1.807, 2.05) is 4.90 Å². The van der Waals surface area contributed by atoms with Gasteiger partial charge in [0.1, 0.15) is 0 Å². The molecule has 2 amide bonds. The van der Waals surface area contributed by atoms with Crippen LogP contribution in [0.15, 0.2) is 24.5 Å². The van der Waals surface area contributed by atoms with Crippen molar-refractivity contribution < 1.29 is 25.0 Å². The fraction of sp³-hybridized carbons (Fsp3) is 0.636. The number of carboxylic acids is 1. The minimum atomic E-state index is -0.984. The number of amides is 2. The minimum absolute atomic E-state index is 0. The molecule has 3 rings (SSSR count). The molecule has 5 N–H and O–H groups in total. The molecule has 2 atom stereocenters. The van der Waals surface area contributed by atoms with Gasteiger partial charge in [-0.05, 0) is 62.7 Å². The fourth-order valence-electron chi connectivity index (χ4n) is 4.37. The number of aliphatic carboxylic acids is 1. The highest BCUT2D eigenvalue weighted by atomic mass is 16.4. The van der Waals surface area contributed by atoms with Crippen LogP contribution in [0, 0.1) is 11.8 Å². The minimum Gasteiger partial charge on any atom is -0.481 e. The SMILES string of the molecule is O.O=C(O)C[C@H](NC(=O)[C@@H]1CCCN(C(=O)CCC2CCNCC2)C1)c1cccnc1. The standard InChI is InChI=1S/C22H32N4O4.H2O/c27-20(6-5-16-7-10-23-11-8-16)26-12-2-4-18(15-26)22(30)25-19(13-21(28)29)17-3-1-9-24-14-17;/h1,3,9,14,16,18-19,23H,2,4-8,10-13,15H2,(H,25,30)(H,28,29);1H2/t18-,19+;/m1./s1. The van der Waals surface area contributed by atoms with E-state index < -0.39 is 12.0 Å². The zero-order valence-electron chi connectivity index (χ0n) is 17.9. The van der Waals surface area contributed by atoms with Crippen molar-refractivity contribution in [2.45, 2.75) is 51.0 Å². The largest absolute Gasteiger partial charge is 0.481 e. The van der Waals surface area contributed by atoms with Gasteiger partial charge in [0.15, 0.2) is 0 Å². The Morgan fingerprint density at radius 2 is 2.03 bits per heavy atom. The second kappa shape index (κ2) is 12.4. The lowest BCUT2D eigenvalue weighted by atomic mass is 9.92. The Labute approximate surface area is 182 Å². The zero-order chi connectivity index (χ0) is 21.3. The van der Waals surface area contributed by atoms with E-state index in [1.54, 1.807) is 24.5 Å². The number of carboxylic acid groups (broad SMARTS) is 1. The van der Waals surface area contributed by atoms with E-state index in [2.05, 4.69) is 15.6 Å². The number of hydrogen-bond donors (Lipinski definition) is 3. The zero-order valence-corrected chi connectivity index (χ0v) is 17.9. The lowest BCUT2D eigenvalue weighted by molar-refractivity contribution is -0.138. The van der Waals surface area contributed by atoms with Crippen LogP contribution in [0.5, 0.6) is 0 Å². The molecule has 0 aliphatic carbocycles. The summed E-state index contributed by atoms with van der Waals surface area (Å²) in [5.41, 5.74) is 0.666. The van der Waals surface area contributed by atoms with Gasteiger partial charge in [-0.3, -0.25) is 19.4 Å². The van der Waals surface area contributed by atoms with Gasteiger partial charge < -0.3 is 26.1 Å². The lowest BCUT2D eigenvalue weighted by Crippen LogP contribution is -2.46. The molecule has 31 heavy (non-hydrogen) atoms. The van der Waals surface area contributed by atoms with Gasteiger partial charge >= 0.3 is 5.97 Å². The Bertz CT molecular complexity index is 724. The molecule has 0 spiro atoms. The van der Waals surface area contributed by atoms with Crippen LogP contribution >= 0.6 is 0 Å². The highest BCUT2D eigenvalue weighted by Gasteiger charge is 2.30. The maximum atomic E-state index is 12.9. The maximum absolute atomic E-state index is 12.9. The monoisotopic (exact) mass is 434 g/mol. The number of likely N-dealkylation sites (tertiary alicyclic amines) is 1. The molecule has 2 aliphatic heterocycles. The van der Waals surface area contributed by atoms with E-state index in [0.29, 0.717) is 37.4 Å². The van der Waals surface area contributed by atoms with E-state index in [0.717, 1.165) is 38.8 Å². The summed E-state index contributed by atoms with van der Waals surface area (Å²) in [6.07, 6.45) is 8.16. The number of rotatable bonds is 8. The average molecular weight is 435 g/mol. The summed E-state index contributed by atoms with van der Waals surface area (Å²) in [4.78, 5) is 42.7. The van der Waals surface area contributed by atoms with Crippen molar-refractivity contribution in [2.24, 2.45) is 11.8 Å². The number of aromatic nitrogens is 1. The highest BCUT2D eigenvalue weighted by Crippen LogP contribution is 2.23. The van der Waals surface area contributed by atoms with Crippen molar-refractivity contribution in [1.29, 1.82) is 0 Å². The normalized spacial score (nSPS) is 20.4. The number of hydrogen-bond acceptors (Lipinski definition) is 5. The van der Waals surface area contributed by atoms with E-state index in [4.69, 9.17) is 0 Å². The van der Waals surface area contributed by atoms with Gasteiger partial charge in [-0.2, -0.15) is 0 Å². The first-order valence-electron chi connectivity index (χ1n) is 10.9. The molecule has 9 heteroatoms. The second-order valence-corrected chi connectivity index (χ2v) is 8.36. The molecule has 1 aromatic heterocycles. The van der Waals surface area contributed by atoms with Crippen molar-refractivity contribution in [1.82, 2.24) is 20.5 Å². The van der Waals surface area contributed by atoms with E-state index >= 15 is 0 Å². The van der Waals surface area contributed by atoms with Gasteiger partial charge in [0.05, 0.1) is 18.4 Å². The number of nitrogens with zero attached hydrogens (tertiary/aromatic N) is 2. The Morgan fingerprint density at radius 1 is 1.26 bits per heavy atom. The van der Waals surface area contributed by atoms with Crippen LogP contribution in [0.1, 0.15) is 56.6 Å². The molecule has 2 saturated heterocycles. The molecule has 9 nitrogen and oxygen atoms in total. The summed E-state index contributed by atoms with van der Waals surface area (Å²) in [6, 6.07) is 2.85. The molecule has 0 radical (unpaired) electrons. The smallest absolute Gasteiger partial charge is 0.305 e. The molecule has 2 fully saturated rings. The van der Waals surface area contributed by atoms with Gasteiger partial charge in [0.2, 0.25) is 11.8 Å². The summed E-state index contributed by atoms with van der Waals surface area (Å²) in [6.45, 7) is 3.15. The van der Waals surface area contributed by atoms with Crippen LogP contribution < -0.4 is 10.6 Å². The first-order valence-corrected chi connectivity index (χ1v) is 10.9. The van der Waals surface area contributed by atoms with Gasteiger partial charge in [-0.15, -0.1) is 0 Å². The van der Waals surface area contributed by atoms with Crippen molar-refractivity contribution in [3.05, 3.63) is 30.1 Å². The summed E-state index contributed by atoms with van der Waals surface area (Å²) in [5.74, 6) is -0.756. The third-order valence-electron chi connectivity index (χ3n) is 6.15. The third-order valence-corrected chi connectivity index (χ3v) is 6.15. The van der Waals surface area contributed by atoms with Crippen LogP contribution in [0.25, 0.3) is 0 Å². The van der Waals surface area contributed by atoms with Crippen molar-refractivity contribution in [3.8, 4) is 0 Å². The second-order valence-electron chi connectivity index (χ2n) is 8.36. The number of pyridine rings is 1. The Hall–Kier alpha value is -2.52. The topological polar surface area (TPSA) is 143 Å². The van der Waals surface area contributed by atoms with Gasteiger partial charge in [0.25, 0.3) is 0 Å². The lowest BCUT2D eigenvalue weighted by Gasteiger charge is -2.33. The van der Waals surface area contributed by atoms with E-state index in [9.17, 15) is 19.5 Å². The Kier molecular flexibility index (Phi) is 9.87. The molecular formula is C22H34N4O5. The Balaban J connectivity index is 0.00000341. The van der Waals surface area contributed by atoms with Crippen LogP contribution in [0.3, 0.4) is 0 Å². The summed E-state index contributed by atoms with van der Waals surface area (Å²) in [7, 11) is 0.